The molecule has 2 heterocycles. The fraction of sp³-hybridized carbons (Fsp3) is 0.167. The van der Waals surface area contributed by atoms with Crippen molar-refractivity contribution < 1.29 is 9.21 Å². The maximum atomic E-state index is 12.7. The highest BCUT2D eigenvalue weighted by molar-refractivity contribution is 8.00. The lowest BCUT2D eigenvalue weighted by atomic mass is 10.0. The molecule has 1 aliphatic rings. The minimum Gasteiger partial charge on any atom is -0.423 e. The van der Waals surface area contributed by atoms with Gasteiger partial charge in [0.2, 0.25) is 18.2 Å². The molecule has 0 radical (unpaired) electrons. The number of thioether (sulfide) groups is 1. The van der Waals surface area contributed by atoms with Crippen LogP contribution in [0.25, 0.3) is 11.5 Å². The lowest BCUT2D eigenvalue weighted by Gasteiger charge is -2.24. The Balaban J connectivity index is 1.51. The number of carbonyl (C=O) groups is 1. The van der Waals surface area contributed by atoms with Crippen LogP contribution < -0.4 is 5.32 Å². The van der Waals surface area contributed by atoms with Gasteiger partial charge in [-0.3, -0.25) is 4.79 Å². The molecule has 1 aliphatic heterocycles. The third kappa shape index (κ3) is 2.92. The lowest BCUT2D eigenvalue weighted by molar-refractivity contribution is -0.115. The number of aromatic nitrogens is 2. The molecule has 0 saturated carbocycles. The second-order valence-corrected chi connectivity index (χ2v) is 6.72. The number of nitrogens with zero attached hydrogens (tertiary/aromatic N) is 2. The minimum atomic E-state index is -0.162. The van der Waals surface area contributed by atoms with E-state index in [1.807, 2.05) is 42.5 Å². The number of amides is 1. The summed E-state index contributed by atoms with van der Waals surface area (Å²) in [5, 5.41) is 10.4. The van der Waals surface area contributed by atoms with E-state index in [-0.39, 0.29) is 11.2 Å². The number of hydrogen-bond acceptors (Lipinski definition) is 5. The summed E-state index contributed by atoms with van der Waals surface area (Å²) in [6.45, 7) is 0. The van der Waals surface area contributed by atoms with Crippen molar-refractivity contribution in [3.8, 4) is 11.5 Å². The molecule has 24 heavy (non-hydrogen) atoms. The molecule has 0 unspecified atom stereocenters. The van der Waals surface area contributed by atoms with Crippen LogP contribution in [0.15, 0.2) is 59.3 Å². The quantitative estimate of drug-likeness (QED) is 0.789. The molecule has 2 aromatic carbocycles. The standard InChI is InChI=1S/C18H15N3O2S/c22-17(16-15-4-2-1-3-12(15)9-10-24-16)20-14-7-5-13(6-8-14)18-21-19-11-23-18/h1-8,11,16H,9-10H2,(H,20,22)/t16-/m0/s1. The van der Waals surface area contributed by atoms with Gasteiger partial charge in [-0.1, -0.05) is 24.3 Å². The van der Waals surface area contributed by atoms with Crippen molar-refractivity contribution in [3.63, 3.8) is 0 Å². The van der Waals surface area contributed by atoms with Crippen LogP contribution in [0.2, 0.25) is 0 Å². The average molecular weight is 337 g/mol. The zero-order chi connectivity index (χ0) is 16.4. The van der Waals surface area contributed by atoms with Crippen LogP contribution in [0.4, 0.5) is 5.69 Å². The Morgan fingerprint density at radius 3 is 2.79 bits per heavy atom. The van der Waals surface area contributed by atoms with Crippen molar-refractivity contribution in [2.75, 3.05) is 11.1 Å². The van der Waals surface area contributed by atoms with Crippen molar-refractivity contribution in [1.29, 1.82) is 0 Å². The van der Waals surface area contributed by atoms with Gasteiger partial charge in [0.25, 0.3) is 0 Å². The first-order chi connectivity index (χ1) is 11.8. The van der Waals surface area contributed by atoms with E-state index < -0.39 is 0 Å². The van der Waals surface area contributed by atoms with Crippen LogP contribution in [0.3, 0.4) is 0 Å². The largest absolute Gasteiger partial charge is 0.423 e. The van der Waals surface area contributed by atoms with E-state index in [1.165, 1.54) is 12.0 Å². The van der Waals surface area contributed by atoms with Crippen molar-refractivity contribution >= 4 is 23.4 Å². The van der Waals surface area contributed by atoms with Gasteiger partial charge in [0.15, 0.2) is 0 Å². The second kappa shape index (κ2) is 6.49. The van der Waals surface area contributed by atoms with Crippen molar-refractivity contribution in [3.05, 3.63) is 66.1 Å². The van der Waals surface area contributed by atoms with Gasteiger partial charge >= 0.3 is 0 Å². The Bertz CT molecular complexity index is 847. The van der Waals surface area contributed by atoms with Crippen LogP contribution in [0.1, 0.15) is 16.4 Å². The molecular formula is C18H15N3O2S. The van der Waals surface area contributed by atoms with Gasteiger partial charge in [0.1, 0.15) is 5.25 Å². The van der Waals surface area contributed by atoms with Gasteiger partial charge in [-0.25, -0.2) is 0 Å². The molecule has 120 valence electrons. The topological polar surface area (TPSA) is 68.0 Å². The third-order valence-corrected chi connectivity index (χ3v) is 5.23. The minimum absolute atomic E-state index is 0.0118. The highest BCUT2D eigenvalue weighted by Gasteiger charge is 2.26. The Morgan fingerprint density at radius 2 is 2.00 bits per heavy atom. The Kier molecular flexibility index (Phi) is 4.04. The first-order valence-corrected chi connectivity index (χ1v) is 8.73. The third-order valence-electron chi connectivity index (χ3n) is 3.99. The van der Waals surface area contributed by atoms with Gasteiger partial charge in [-0.2, -0.15) is 0 Å². The molecule has 1 N–H and O–H groups in total. The number of carbonyl (C=O) groups excluding carboxylic acids is 1. The SMILES string of the molecule is O=C(Nc1ccc(-c2nnco2)cc1)[C@H]1SCCc2ccccc21. The monoisotopic (exact) mass is 337 g/mol. The molecule has 4 rings (SSSR count). The average Bonchev–Trinajstić information content (AvgIpc) is 3.16. The number of fused-ring (bicyclic) bond motifs is 1. The van der Waals surface area contributed by atoms with Crippen molar-refractivity contribution in [2.24, 2.45) is 0 Å². The highest BCUT2D eigenvalue weighted by atomic mass is 32.2. The predicted molar refractivity (Wildman–Crippen MR) is 93.7 cm³/mol. The maximum Gasteiger partial charge on any atom is 0.247 e. The molecule has 3 aromatic rings. The zero-order valence-electron chi connectivity index (χ0n) is 12.8. The number of aryl methyl sites for hydroxylation is 1. The molecule has 6 heteroatoms. The van der Waals surface area contributed by atoms with Crippen molar-refractivity contribution in [2.45, 2.75) is 11.7 Å². The molecule has 0 bridgehead atoms. The van der Waals surface area contributed by atoms with E-state index in [0.29, 0.717) is 5.89 Å². The molecule has 0 saturated heterocycles. The van der Waals surface area contributed by atoms with Crippen LogP contribution in [0, 0.1) is 0 Å². The smallest absolute Gasteiger partial charge is 0.247 e. The maximum absolute atomic E-state index is 12.7. The summed E-state index contributed by atoms with van der Waals surface area (Å²) in [7, 11) is 0. The van der Waals surface area contributed by atoms with E-state index in [1.54, 1.807) is 11.8 Å². The summed E-state index contributed by atoms with van der Waals surface area (Å²) in [5.74, 6) is 1.44. The van der Waals surface area contributed by atoms with E-state index >= 15 is 0 Å². The first-order valence-electron chi connectivity index (χ1n) is 7.68. The van der Waals surface area contributed by atoms with Crippen LogP contribution in [0.5, 0.6) is 0 Å². The van der Waals surface area contributed by atoms with Crippen LogP contribution >= 0.6 is 11.8 Å². The van der Waals surface area contributed by atoms with Gasteiger partial charge < -0.3 is 9.73 Å². The van der Waals surface area contributed by atoms with E-state index in [0.717, 1.165) is 29.0 Å². The summed E-state index contributed by atoms with van der Waals surface area (Å²) in [4.78, 5) is 12.7. The first kappa shape index (κ1) is 15.0. The van der Waals surface area contributed by atoms with E-state index in [9.17, 15) is 4.79 Å². The molecule has 0 fully saturated rings. The molecular weight excluding hydrogens is 322 g/mol. The molecule has 5 nitrogen and oxygen atoms in total. The summed E-state index contributed by atoms with van der Waals surface area (Å²) < 4.78 is 5.16. The molecule has 1 aromatic heterocycles. The summed E-state index contributed by atoms with van der Waals surface area (Å²) in [6, 6.07) is 15.6. The Hall–Kier alpha value is -2.60. The molecule has 0 spiro atoms. The van der Waals surface area contributed by atoms with Gasteiger partial charge in [-0.05, 0) is 47.6 Å². The Morgan fingerprint density at radius 1 is 1.17 bits per heavy atom. The lowest BCUT2D eigenvalue weighted by Crippen LogP contribution is -2.23. The highest BCUT2D eigenvalue weighted by Crippen LogP contribution is 2.37. The van der Waals surface area contributed by atoms with Gasteiger partial charge in [0, 0.05) is 11.3 Å². The Labute approximate surface area is 143 Å². The number of anilines is 1. The van der Waals surface area contributed by atoms with Crippen molar-refractivity contribution in [1.82, 2.24) is 10.2 Å². The van der Waals surface area contributed by atoms with E-state index in [2.05, 4.69) is 21.6 Å². The summed E-state index contributed by atoms with van der Waals surface area (Å²) >= 11 is 1.69. The van der Waals surface area contributed by atoms with Gasteiger partial charge in [0.05, 0.1) is 0 Å². The fourth-order valence-electron chi connectivity index (χ4n) is 2.81. The normalized spacial score (nSPS) is 16.4. The number of hydrogen-bond donors (Lipinski definition) is 1. The zero-order valence-corrected chi connectivity index (χ0v) is 13.6. The number of nitrogens with one attached hydrogen (secondary N) is 1. The predicted octanol–water partition coefficient (Wildman–Crippen LogP) is 3.71. The molecule has 1 atom stereocenters. The van der Waals surface area contributed by atoms with Crippen LogP contribution in [-0.4, -0.2) is 21.9 Å². The van der Waals surface area contributed by atoms with E-state index in [4.69, 9.17) is 4.42 Å². The molecule has 1 amide bonds. The summed E-state index contributed by atoms with van der Waals surface area (Å²) in [5.41, 5.74) is 3.96. The van der Waals surface area contributed by atoms with Gasteiger partial charge in [-0.15, -0.1) is 22.0 Å². The summed E-state index contributed by atoms with van der Waals surface area (Å²) in [6.07, 6.45) is 2.31. The fourth-order valence-corrected chi connectivity index (χ4v) is 4.01. The number of rotatable bonds is 3. The van der Waals surface area contributed by atoms with Crippen LogP contribution in [-0.2, 0) is 11.2 Å². The second-order valence-electron chi connectivity index (χ2n) is 5.51. The number of benzene rings is 2. The molecule has 0 aliphatic carbocycles.